The molecule has 1 fully saturated rings. The summed E-state index contributed by atoms with van der Waals surface area (Å²) >= 11 is 0. The molecule has 4 N–H and O–H groups in total. The summed E-state index contributed by atoms with van der Waals surface area (Å²) in [5.74, 6) is -2.38. The van der Waals surface area contributed by atoms with Gasteiger partial charge in [-0.1, -0.05) is 54.6 Å². The monoisotopic (exact) mass is 597 g/mol. The summed E-state index contributed by atoms with van der Waals surface area (Å²) in [6, 6.07) is 16.9. The van der Waals surface area contributed by atoms with E-state index in [0.717, 1.165) is 6.07 Å². The van der Waals surface area contributed by atoms with Gasteiger partial charge >= 0.3 is 16.4 Å². The second-order valence-electron chi connectivity index (χ2n) is 9.35. The molecule has 0 aromatic heterocycles. The number of benzene rings is 3. The van der Waals surface area contributed by atoms with E-state index in [-0.39, 0.29) is 30.5 Å². The Morgan fingerprint density at radius 1 is 1.02 bits per heavy atom. The van der Waals surface area contributed by atoms with Crippen LogP contribution in [-0.2, 0) is 37.6 Å². The van der Waals surface area contributed by atoms with Crippen molar-refractivity contribution in [2.75, 3.05) is 10.8 Å². The maximum atomic E-state index is 13.9. The lowest BCUT2D eigenvalue weighted by Crippen LogP contribution is -2.35. The van der Waals surface area contributed by atoms with Crippen LogP contribution in [-0.4, -0.2) is 39.6 Å². The van der Waals surface area contributed by atoms with E-state index in [2.05, 4.69) is 0 Å². The first-order chi connectivity index (χ1) is 18.7. The van der Waals surface area contributed by atoms with Crippen molar-refractivity contribution in [1.82, 2.24) is 4.72 Å². The SMILES string of the molecule is NS(=O)(=O)C(CCCc1ccc(N2CC(=O)NS2(=O)=O)c(O)c1)C(c1ccccc1)c1ccccc1C(F)(F)F. The van der Waals surface area contributed by atoms with E-state index >= 15 is 0 Å². The quantitative estimate of drug-likeness (QED) is 0.345. The van der Waals surface area contributed by atoms with Crippen molar-refractivity contribution < 1.29 is 39.9 Å². The van der Waals surface area contributed by atoms with Crippen molar-refractivity contribution in [3.05, 3.63) is 95.1 Å². The van der Waals surface area contributed by atoms with Gasteiger partial charge in [0.15, 0.2) is 0 Å². The van der Waals surface area contributed by atoms with Gasteiger partial charge in [0, 0.05) is 5.92 Å². The Morgan fingerprint density at radius 3 is 2.25 bits per heavy atom. The topological polar surface area (TPSA) is 147 Å². The highest BCUT2D eigenvalue weighted by Gasteiger charge is 2.40. The average Bonchev–Trinajstić information content (AvgIpc) is 3.14. The van der Waals surface area contributed by atoms with Gasteiger partial charge in [-0.3, -0.25) is 4.79 Å². The Balaban J connectivity index is 1.62. The number of rotatable bonds is 9. The fourth-order valence-electron chi connectivity index (χ4n) is 4.91. The predicted octanol–water partition coefficient (Wildman–Crippen LogP) is 3.40. The van der Waals surface area contributed by atoms with Gasteiger partial charge in [0.2, 0.25) is 10.0 Å². The second-order valence-corrected chi connectivity index (χ2v) is 12.7. The number of nitrogens with one attached hydrogen (secondary N) is 1. The number of carbonyl (C=O) groups excluding carboxylic acids is 1. The number of phenolic OH excluding ortho intramolecular Hbond substituents is 1. The van der Waals surface area contributed by atoms with Gasteiger partial charge in [-0.2, -0.15) is 21.6 Å². The molecule has 1 heterocycles. The molecule has 1 amide bonds. The average molecular weight is 598 g/mol. The highest BCUT2D eigenvalue weighted by Crippen LogP contribution is 2.41. The number of nitrogens with two attached hydrogens (primary N) is 1. The van der Waals surface area contributed by atoms with Crippen molar-refractivity contribution in [3.8, 4) is 5.75 Å². The van der Waals surface area contributed by atoms with Crippen molar-refractivity contribution in [2.24, 2.45) is 5.14 Å². The molecule has 0 aliphatic carbocycles. The summed E-state index contributed by atoms with van der Waals surface area (Å²) in [6.45, 7) is -0.494. The van der Waals surface area contributed by atoms with E-state index < -0.39 is 61.3 Å². The standard InChI is InChI=1S/C26H26F3N3O6S2/c27-26(28,29)20-11-5-4-10-19(20)25(18-8-2-1-3-9-18)23(39(30,35)36)12-6-7-17-13-14-21(22(33)15-17)32-16-24(34)31-40(32,37)38/h1-5,8-11,13-15,23,25,33H,6-7,12,16H2,(H,31,34)(H2,30,35,36). The summed E-state index contributed by atoms with van der Waals surface area (Å²) in [7, 11) is -8.48. The van der Waals surface area contributed by atoms with Crippen LogP contribution in [0.15, 0.2) is 72.8 Å². The van der Waals surface area contributed by atoms with Crippen LogP contribution in [0.3, 0.4) is 0 Å². The lowest BCUT2D eigenvalue weighted by molar-refractivity contribution is -0.138. The van der Waals surface area contributed by atoms with Crippen LogP contribution in [0.2, 0.25) is 0 Å². The van der Waals surface area contributed by atoms with Crippen molar-refractivity contribution in [1.29, 1.82) is 0 Å². The fraction of sp³-hybridized carbons (Fsp3) is 0.269. The van der Waals surface area contributed by atoms with E-state index in [0.29, 0.717) is 15.4 Å². The van der Waals surface area contributed by atoms with Crippen LogP contribution in [0.5, 0.6) is 5.75 Å². The highest BCUT2D eigenvalue weighted by molar-refractivity contribution is 7.92. The number of hydrogen-bond donors (Lipinski definition) is 3. The van der Waals surface area contributed by atoms with Gasteiger partial charge in [0.1, 0.15) is 12.3 Å². The van der Waals surface area contributed by atoms with E-state index in [9.17, 15) is 39.9 Å². The zero-order valence-electron chi connectivity index (χ0n) is 20.9. The molecule has 14 heteroatoms. The smallest absolute Gasteiger partial charge is 0.416 e. The number of alkyl halides is 3. The molecule has 0 saturated carbocycles. The lowest BCUT2D eigenvalue weighted by atomic mass is 9.83. The molecule has 0 bridgehead atoms. The Morgan fingerprint density at radius 2 is 1.68 bits per heavy atom. The molecular formula is C26H26F3N3O6S2. The fourth-order valence-corrected chi connectivity index (χ4v) is 7.25. The Hall–Kier alpha value is -3.62. The molecule has 2 atom stereocenters. The van der Waals surface area contributed by atoms with Gasteiger partial charge in [-0.05, 0) is 54.2 Å². The Labute approximate surface area is 229 Å². The normalized spacial score (nSPS) is 16.9. The van der Waals surface area contributed by atoms with E-state index in [4.69, 9.17) is 5.14 Å². The molecule has 1 aliphatic rings. The number of amides is 1. The number of phenols is 1. The van der Waals surface area contributed by atoms with Crippen LogP contribution in [0, 0.1) is 0 Å². The van der Waals surface area contributed by atoms with Crippen molar-refractivity contribution in [2.45, 2.75) is 36.6 Å². The number of carbonyl (C=O) groups is 1. The van der Waals surface area contributed by atoms with Gasteiger partial charge in [-0.15, -0.1) is 0 Å². The molecule has 3 aromatic carbocycles. The molecule has 40 heavy (non-hydrogen) atoms. The number of hydrogen-bond acceptors (Lipinski definition) is 6. The molecule has 4 rings (SSSR count). The zero-order valence-corrected chi connectivity index (χ0v) is 22.5. The largest absolute Gasteiger partial charge is 0.506 e. The number of anilines is 1. The maximum absolute atomic E-state index is 13.9. The first-order valence-electron chi connectivity index (χ1n) is 12.1. The van der Waals surface area contributed by atoms with Crippen LogP contribution >= 0.6 is 0 Å². The minimum absolute atomic E-state index is 0.105. The first-order valence-corrected chi connectivity index (χ1v) is 15.1. The number of aromatic hydroxyl groups is 1. The third kappa shape index (κ3) is 6.40. The molecule has 1 saturated heterocycles. The summed E-state index contributed by atoms with van der Waals surface area (Å²) < 4.78 is 94.1. The molecule has 2 unspecified atom stereocenters. The molecular weight excluding hydrogens is 571 g/mol. The Kier molecular flexibility index (Phi) is 8.15. The van der Waals surface area contributed by atoms with Gasteiger partial charge < -0.3 is 5.11 Å². The van der Waals surface area contributed by atoms with Crippen molar-refractivity contribution in [3.63, 3.8) is 0 Å². The Bertz CT molecular complexity index is 1610. The van der Waals surface area contributed by atoms with E-state index in [1.165, 1.54) is 36.4 Å². The molecule has 214 valence electrons. The molecule has 0 spiro atoms. The maximum Gasteiger partial charge on any atom is 0.416 e. The number of nitrogens with zero attached hydrogens (tertiary/aromatic N) is 1. The minimum Gasteiger partial charge on any atom is -0.506 e. The molecule has 9 nitrogen and oxygen atoms in total. The first kappa shape index (κ1) is 29.4. The van der Waals surface area contributed by atoms with Gasteiger partial charge in [0.25, 0.3) is 5.91 Å². The van der Waals surface area contributed by atoms with Crippen LogP contribution in [0.25, 0.3) is 0 Å². The molecule has 1 aliphatic heterocycles. The van der Waals surface area contributed by atoms with Crippen LogP contribution < -0.4 is 14.2 Å². The second kappa shape index (κ2) is 11.1. The molecule has 0 radical (unpaired) electrons. The van der Waals surface area contributed by atoms with E-state index in [1.54, 1.807) is 35.1 Å². The lowest BCUT2D eigenvalue weighted by Gasteiger charge is -2.29. The third-order valence-electron chi connectivity index (χ3n) is 6.64. The van der Waals surface area contributed by atoms with Crippen LogP contribution in [0.1, 0.15) is 41.0 Å². The van der Waals surface area contributed by atoms with Gasteiger partial charge in [-0.25, -0.2) is 22.6 Å². The number of primary sulfonamides is 1. The number of halogens is 3. The summed E-state index contributed by atoms with van der Waals surface area (Å²) in [5, 5.41) is 14.6. The summed E-state index contributed by atoms with van der Waals surface area (Å²) in [4.78, 5) is 11.5. The number of sulfonamides is 1. The highest BCUT2D eigenvalue weighted by atomic mass is 32.2. The number of aryl methyl sites for hydroxylation is 1. The predicted molar refractivity (Wildman–Crippen MR) is 142 cm³/mol. The zero-order chi connectivity index (χ0) is 29.3. The van der Waals surface area contributed by atoms with Gasteiger partial charge in [0.05, 0.1) is 16.5 Å². The third-order valence-corrected chi connectivity index (χ3v) is 9.38. The minimum atomic E-state index is -4.73. The van der Waals surface area contributed by atoms with E-state index in [1.807, 2.05) is 0 Å². The van der Waals surface area contributed by atoms with Crippen molar-refractivity contribution >= 4 is 31.8 Å². The molecule has 3 aromatic rings. The summed E-state index contributed by atoms with van der Waals surface area (Å²) in [5.41, 5.74) is -0.412. The summed E-state index contributed by atoms with van der Waals surface area (Å²) in [6.07, 6.45) is -4.47. The van der Waals surface area contributed by atoms with Crippen LogP contribution in [0.4, 0.5) is 18.9 Å².